The van der Waals surface area contributed by atoms with Crippen LogP contribution in [-0.2, 0) is 13.5 Å². The number of aromatic nitrogens is 2. The summed E-state index contributed by atoms with van der Waals surface area (Å²) in [6.07, 6.45) is 2.91. The minimum absolute atomic E-state index is 0.957. The molecule has 0 aliphatic rings. The third kappa shape index (κ3) is 2.56. The molecular weight excluding hydrogens is 210 g/mol. The van der Waals surface area contributed by atoms with E-state index in [1.807, 2.05) is 13.2 Å². The highest BCUT2D eigenvalue weighted by Gasteiger charge is 2.07. The van der Waals surface area contributed by atoms with E-state index in [9.17, 15) is 0 Å². The Bertz CT molecular complexity index is 483. The number of rotatable bonds is 4. The van der Waals surface area contributed by atoms with E-state index in [-0.39, 0.29) is 0 Å². The molecule has 17 heavy (non-hydrogen) atoms. The lowest BCUT2D eigenvalue weighted by molar-refractivity contribution is 0.720. The van der Waals surface area contributed by atoms with E-state index >= 15 is 0 Å². The first-order valence-corrected chi connectivity index (χ1v) is 5.94. The zero-order chi connectivity index (χ0) is 12.3. The first-order chi connectivity index (χ1) is 8.22. The Kier molecular flexibility index (Phi) is 3.59. The van der Waals surface area contributed by atoms with E-state index in [0.717, 1.165) is 18.8 Å². The molecular formula is C14H19N3. The minimum atomic E-state index is 0.957. The van der Waals surface area contributed by atoms with Crippen LogP contribution >= 0.6 is 0 Å². The minimum Gasteiger partial charge on any atom is -0.331 e. The molecule has 2 rings (SSSR count). The maximum Gasteiger partial charge on any atom is 0.110 e. The van der Waals surface area contributed by atoms with Gasteiger partial charge in [0.1, 0.15) is 5.82 Å². The third-order valence-corrected chi connectivity index (χ3v) is 3.03. The Labute approximate surface area is 103 Å². The van der Waals surface area contributed by atoms with Gasteiger partial charge in [-0.1, -0.05) is 29.8 Å². The summed E-state index contributed by atoms with van der Waals surface area (Å²) in [6.45, 7) is 3.06. The standard InChI is InChI=1S/C14H19N3/c1-11-4-6-12(7-5-11)13-10-16-14(17(13)3)8-9-15-2/h4-7,10,15H,8-9H2,1-3H3. The van der Waals surface area contributed by atoms with Crippen molar-refractivity contribution in [2.75, 3.05) is 13.6 Å². The van der Waals surface area contributed by atoms with Crippen molar-refractivity contribution in [3.63, 3.8) is 0 Å². The first-order valence-electron chi connectivity index (χ1n) is 5.94. The van der Waals surface area contributed by atoms with Crippen LogP contribution in [0.25, 0.3) is 11.3 Å². The number of hydrogen-bond acceptors (Lipinski definition) is 2. The topological polar surface area (TPSA) is 29.9 Å². The maximum absolute atomic E-state index is 4.48. The number of nitrogens with zero attached hydrogens (tertiary/aromatic N) is 2. The Morgan fingerprint density at radius 2 is 1.94 bits per heavy atom. The summed E-state index contributed by atoms with van der Waals surface area (Å²) in [5, 5.41) is 3.15. The van der Waals surface area contributed by atoms with Gasteiger partial charge >= 0.3 is 0 Å². The molecule has 90 valence electrons. The van der Waals surface area contributed by atoms with Crippen LogP contribution in [0.3, 0.4) is 0 Å². The van der Waals surface area contributed by atoms with Crippen molar-refractivity contribution in [3.05, 3.63) is 41.9 Å². The van der Waals surface area contributed by atoms with Gasteiger partial charge in [0.2, 0.25) is 0 Å². The van der Waals surface area contributed by atoms with Crippen LogP contribution in [0.15, 0.2) is 30.5 Å². The number of nitrogens with one attached hydrogen (secondary N) is 1. The second-order valence-corrected chi connectivity index (χ2v) is 4.34. The maximum atomic E-state index is 4.48. The molecule has 0 saturated heterocycles. The lowest BCUT2D eigenvalue weighted by Crippen LogP contribution is -2.13. The normalized spacial score (nSPS) is 10.8. The smallest absolute Gasteiger partial charge is 0.110 e. The van der Waals surface area contributed by atoms with Gasteiger partial charge in [0.25, 0.3) is 0 Å². The molecule has 3 heteroatoms. The van der Waals surface area contributed by atoms with Crippen LogP contribution in [0.4, 0.5) is 0 Å². The van der Waals surface area contributed by atoms with E-state index in [0.29, 0.717) is 0 Å². The second kappa shape index (κ2) is 5.15. The largest absolute Gasteiger partial charge is 0.331 e. The van der Waals surface area contributed by atoms with E-state index in [1.54, 1.807) is 0 Å². The van der Waals surface area contributed by atoms with Crippen molar-refractivity contribution in [1.29, 1.82) is 0 Å². The zero-order valence-corrected chi connectivity index (χ0v) is 10.7. The lowest BCUT2D eigenvalue weighted by Gasteiger charge is -2.06. The molecule has 1 heterocycles. The summed E-state index contributed by atoms with van der Waals surface area (Å²) in [7, 11) is 4.04. The average Bonchev–Trinajstić information content (AvgIpc) is 2.69. The molecule has 1 aromatic carbocycles. The molecule has 0 spiro atoms. The highest BCUT2D eigenvalue weighted by Crippen LogP contribution is 2.20. The molecule has 0 fully saturated rings. The van der Waals surface area contributed by atoms with E-state index in [1.165, 1.54) is 16.8 Å². The average molecular weight is 229 g/mol. The Morgan fingerprint density at radius 3 is 2.59 bits per heavy atom. The van der Waals surface area contributed by atoms with Gasteiger partial charge in [-0.25, -0.2) is 4.98 Å². The Hall–Kier alpha value is -1.61. The lowest BCUT2D eigenvalue weighted by atomic mass is 10.1. The molecule has 0 saturated carbocycles. The summed E-state index contributed by atoms with van der Waals surface area (Å²) in [5.41, 5.74) is 3.68. The number of imidazole rings is 1. The monoisotopic (exact) mass is 229 g/mol. The summed E-state index contributed by atoms with van der Waals surface area (Å²) >= 11 is 0. The highest BCUT2D eigenvalue weighted by molar-refractivity contribution is 5.59. The molecule has 0 bridgehead atoms. The summed E-state index contributed by atoms with van der Waals surface area (Å²) < 4.78 is 2.17. The van der Waals surface area contributed by atoms with Crippen molar-refractivity contribution in [1.82, 2.24) is 14.9 Å². The number of aryl methyl sites for hydroxylation is 1. The quantitative estimate of drug-likeness (QED) is 0.870. The SMILES string of the molecule is CNCCc1ncc(-c2ccc(C)cc2)n1C. The molecule has 0 amide bonds. The van der Waals surface area contributed by atoms with Crippen molar-refractivity contribution in [2.45, 2.75) is 13.3 Å². The third-order valence-electron chi connectivity index (χ3n) is 3.03. The predicted octanol–water partition coefficient (Wildman–Crippen LogP) is 2.16. The van der Waals surface area contributed by atoms with Crippen LogP contribution in [0.1, 0.15) is 11.4 Å². The Morgan fingerprint density at radius 1 is 1.24 bits per heavy atom. The fraction of sp³-hybridized carbons (Fsp3) is 0.357. The molecule has 2 aromatic rings. The van der Waals surface area contributed by atoms with Crippen LogP contribution < -0.4 is 5.32 Å². The van der Waals surface area contributed by atoms with Crippen LogP contribution in [0, 0.1) is 6.92 Å². The van der Waals surface area contributed by atoms with E-state index in [4.69, 9.17) is 0 Å². The van der Waals surface area contributed by atoms with Gasteiger partial charge in [-0.05, 0) is 19.5 Å². The van der Waals surface area contributed by atoms with Gasteiger partial charge in [0.05, 0.1) is 11.9 Å². The van der Waals surface area contributed by atoms with Crippen LogP contribution in [-0.4, -0.2) is 23.1 Å². The first kappa shape index (κ1) is 11.9. The van der Waals surface area contributed by atoms with Crippen molar-refractivity contribution < 1.29 is 0 Å². The van der Waals surface area contributed by atoms with E-state index in [2.05, 4.69) is 53.1 Å². The van der Waals surface area contributed by atoms with Crippen LogP contribution in [0.2, 0.25) is 0 Å². The van der Waals surface area contributed by atoms with Gasteiger partial charge in [0, 0.05) is 20.0 Å². The van der Waals surface area contributed by atoms with Crippen molar-refractivity contribution in [3.8, 4) is 11.3 Å². The molecule has 3 nitrogen and oxygen atoms in total. The van der Waals surface area contributed by atoms with Gasteiger partial charge in [0.15, 0.2) is 0 Å². The van der Waals surface area contributed by atoms with Gasteiger partial charge in [-0.2, -0.15) is 0 Å². The summed E-state index contributed by atoms with van der Waals surface area (Å²) in [6, 6.07) is 8.56. The zero-order valence-electron chi connectivity index (χ0n) is 10.7. The number of benzene rings is 1. The molecule has 1 aromatic heterocycles. The van der Waals surface area contributed by atoms with Crippen molar-refractivity contribution in [2.24, 2.45) is 7.05 Å². The summed E-state index contributed by atoms with van der Waals surface area (Å²) in [5.74, 6) is 1.12. The molecule has 0 aliphatic carbocycles. The molecule has 0 atom stereocenters. The highest BCUT2D eigenvalue weighted by atomic mass is 15.1. The number of hydrogen-bond donors (Lipinski definition) is 1. The Balaban J connectivity index is 2.27. The molecule has 0 aliphatic heterocycles. The summed E-state index contributed by atoms with van der Waals surface area (Å²) in [4.78, 5) is 4.48. The second-order valence-electron chi connectivity index (χ2n) is 4.34. The molecule has 0 radical (unpaired) electrons. The number of likely N-dealkylation sites (N-methyl/N-ethyl adjacent to an activating group) is 1. The van der Waals surface area contributed by atoms with Crippen LogP contribution in [0.5, 0.6) is 0 Å². The van der Waals surface area contributed by atoms with Crippen molar-refractivity contribution >= 4 is 0 Å². The molecule has 1 N–H and O–H groups in total. The van der Waals surface area contributed by atoms with E-state index < -0.39 is 0 Å². The fourth-order valence-electron chi connectivity index (χ4n) is 1.91. The van der Waals surface area contributed by atoms with Gasteiger partial charge in [-0.3, -0.25) is 0 Å². The fourth-order valence-corrected chi connectivity index (χ4v) is 1.91. The van der Waals surface area contributed by atoms with Gasteiger partial charge in [-0.15, -0.1) is 0 Å². The predicted molar refractivity (Wildman–Crippen MR) is 71.0 cm³/mol. The molecule has 0 unspecified atom stereocenters. The van der Waals surface area contributed by atoms with Gasteiger partial charge < -0.3 is 9.88 Å².